The van der Waals surface area contributed by atoms with Gasteiger partial charge in [-0.3, -0.25) is 0 Å². The maximum Gasteiger partial charge on any atom is 0.410 e. The lowest BCUT2D eigenvalue weighted by Gasteiger charge is -2.28. The van der Waals surface area contributed by atoms with Crippen LogP contribution in [0.15, 0.2) is 30.3 Å². The summed E-state index contributed by atoms with van der Waals surface area (Å²) in [5.74, 6) is 0. The minimum atomic E-state index is -0.502. The molecule has 1 aromatic carbocycles. The summed E-state index contributed by atoms with van der Waals surface area (Å²) in [5.41, 5.74) is 0.620. The molecule has 23 heavy (non-hydrogen) atoms. The molecule has 5 heteroatoms. The first kappa shape index (κ1) is 17.8. The van der Waals surface area contributed by atoms with Gasteiger partial charge in [-0.1, -0.05) is 30.3 Å². The van der Waals surface area contributed by atoms with Gasteiger partial charge in [-0.2, -0.15) is 0 Å². The monoisotopic (exact) mass is 321 g/mol. The number of rotatable bonds is 5. The third-order valence-electron chi connectivity index (χ3n) is 3.76. The van der Waals surface area contributed by atoms with E-state index in [1.165, 1.54) is 0 Å². The van der Waals surface area contributed by atoms with Gasteiger partial charge < -0.3 is 19.1 Å². The van der Waals surface area contributed by atoms with Crippen molar-refractivity contribution in [2.24, 2.45) is 0 Å². The summed E-state index contributed by atoms with van der Waals surface area (Å²) in [5, 5.41) is 0. The minimum absolute atomic E-state index is 0.0153. The average molecular weight is 321 g/mol. The van der Waals surface area contributed by atoms with Gasteiger partial charge in [0.05, 0.1) is 31.9 Å². The van der Waals surface area contributed by atoms with Crippen molar-refractivity contribution in [2.45, 2.75) is 51.5 Å². The van der Waals surface area contributed by atoms with Gasteiger partial charge >= 0.3 is 6.09 Å². The maximum atomic E-state index is 12.4. The Balaban J connectivity index is 1.90. The van der Waals surface area contributed by atoms with Gasteiger partial charge in [0.2, 0.25) is 0 Å². The summed E-state index contributed by atoms with van der Waals surface area (Å²) in [6.45, 7) is 7.18. The molecule has 0 unspecified atom stereocenters. The van der Waals surface area contributed by atoms with E-state index in [9.17, 15) is 4.79 Å². The Morgan fingerprint density at radius 1 is 1.26 bits per heavy atom. The molecule has 2 rings (SSSR count). The van der Waals surface area contributed by atoms with Crippen LogP contribution in [0.25, 0.3) is 0 Å². The summed E-state index contributed by atoms with van der Waals surface area (Å²) >= 11 is 0. The lowest BCUT2D eigenvalue weighted by atomic mass is 10.2. The van der Waals surface area contributed by atoms with Crippen molar-refractivity contribution >= 4 is 6.09 Å². The van der Waals surface area contributed by atoms with Crippen LogP contribution in [-0.4, -0.2) is 49.0 Å². The second kappa shape index (κ2) is 7.79. The van der Waals surface area contributed by atoms with E-state index < -0.39 is 5.60 Å². The predicted octanol–water partition coefficient (Wildman–Crippen LogP) is 3.23. The third kappa shape index (κ3) is 5.52. The number of methoxy groups -OCH3 is 1. The molecular formula is C18H27NO4. The highest BCUT2D eigenvalue weighted by atomic mass is 16.6. The minimum Gasteiger partial charge on any atom is -0.444 e. The Morgan fingerprint density at radius 2 is 1.96 bits per heavy atom. The molecule has 0 aromatic heterocycles. The van der Waals surface area contributed by atoms with Crippen LogP contribution in [0.4, 0.5) is 4.79 Å². The highest BCUT2D eigenvalue weighted by Gasteiger charge is 2.37. The van der Waals surface area contributed by atoms with Crippen LogP contribution in [0.2, 0.25) is 0 Å². The van der Waals surface area contributed by atoms with Crippen molar-refractivity contribution in [3.63, 3.8) is 0 Å². The van der Waals surface area contributed by atoms with E-state index in [1.54, 1.807) is 12.0 Å². The highest BCUT2D eigenvalue weighted by molar-refractivity contribution is 5.69. The summed E-state index contributed by atoms with van der Waals surface area (Å²) in [7, 11) is 1.67. The molecule has 0 spiro atoms. The predicted molar refractivity (Wildman–Crippen MR) is 88.2 cm³/mol. The molecule has 1 saturated heterocycles. The molecule has 1 fully saturated rings. The molecular weight excluding hydrogens is 294 g/mol. The van der Waals surface area contributed by atoms with Gasteiger partial charge in [0, 0.05) is 7.11 Å². The topological polar surface area (TPSA) is 48.0 Å². The number of benzene rings is 1. The molecule has 0 bridgehead atoms. The van der Waals surface area contributed by atoms with Crippen molar-refractivity contribution in [1.82, 2.24) is 4.90 Å². The lowest BCUT2D eigenvalue weighted by Crippen LogP contribution is -2.42. The fourth-order valence-corrected chi connectivity index (χ4v) is 2.63. The van der Waals surface area contributed by atoms with Crippen LogP contribution in [-0.2, 0) is 20.8 Å². The number of hydrogen-bond donors (Lipinski definition) is 0. The van der Waals surface area contributed by atoms with Gasteiger partial charge in [0.25, 0.3) is 0 Å². The van der Waals surface area contributed by atoms with Crippen LogP contribution >= 0.6 is 0 Å². The fraction of sp³-hybridized carbons (Fsp3) is 0.611. The first-order valence-electron chi connectivity index (χ1n) is 8.03. The number of carbonyl (C=O) groups excluding carboxylic acids is 1. The molecule has 1 amide bonds. The van der Waals surface area contributed by atoms with Crippen LogP contribution in [0.5, 0.6) is 0 Å². The number of likely N-dealkylation sites (tertiary alicyclic amines) is 1. The van der Waals surface area contributed by atoms with Crippen LogP contribution in [0, 0.1) is 0 Å². The number of carbonyl (C=O) groups is 1. The third-order valence-corrected chi connectivity index (χ3v) is 3.76. The van der Waals surface area contributed by atoms with Gasteiger partial charge in [0.1, 0.15) is 5.60 Å². The Kier molecular flexibility index (Phi) is 6.02. The molecule has 0 saturated carbocycles. The SMILES string of the molecule is CO[C@@H]1C[C@@H](COCc2ccccc2)N(C(=O)OC(C)(C)C)C1. The Labute approximate surface area is 138 Å². The normalized spacial score (nSPS) is 21.5. The summed E-state index contributed by atoms with van der Waals surface area (Å²) < 4.78 is 16.7. The van der Waals surface area contributed by atoms with Crippen LogP contribution in [0.1, 0.15) is 32.8 Å². The highest BCUT2D eigenvalue weighted by Crippen LogP contribution is 2.23. The Bertz CT molecular complexity index is 497. The molecule has 1 heterocycles. The molecule has 5 nitrogen and oxygen atoms in total. The zero-order chi connectivity index (χ0) is 16.9. The van der Waals surface area contributed by atoms with Crippen molar-refractivity contribution in [2.75, 3.05) is 20.3 Å². The molecule has 1 aliphatic rings. The maximum absolute atomic E-state index is 12.4. The summed E-state index contributed by atoms with van der Waals surface area (Å²) in [6, 6.07) is 9.99. The Morgan fingerprint density at radius 3 is 2.57 bits per heavy atom. The zero-order valence-corrected chi connectivity index (χ0v) is 14.5. The number of nitrogens with zero attached hydrogens (tertiary/aromatic N) is 1. The molecule has 0 N–H and O–H groups in total. The lowest BCUT2D eigenvalue weighted by molar-refractivity contribution is 0.00775. The summed E-state index contributed by atoms with van der Waals surface area (Å²) in [4.78, 5) is 14.1. The molecule has 1 aromatic rings. The van der Waals surface area contributed by atoms with E-state index in [4.69, 9.17) is 14.2 Å². The van der Waals surface area contributed by atoms with E-state index in [-0.39, 0.29) is 18.2 Å². The van der Waals surface area contributed by atoms with E-state index >= 15 is 0 Å². The molecule has 0 radical (unpaired) electrons. The smallest absolute Gasteiger partial charge is 0.410 e. The van der Waals surface area contributed by atoms with Crippen molar-refractivity contribution < 1.29 is 19.0 Å². The largest absolute Gasteiger partial charge is 0.444 e. The first-order valence-corrected chi connectivity index (χ1v) is 8.03. The fourth-order valence-electron chi connectivity index (χ4n) is 2.63. The van der Waals surface area contributed by atoms with E-state index in [0.29, 0.717) is 19.8 Å². The standard InChI is InChI=1S/C18H27NO4/c1-18(2,3)23-17(20)19-11-16(21-4)10-15(19)13-22-12-14-8-6-5-7-9-14/h5-9,15-16H,10-13H2,1-4H3/t15-,16+/m0/s1. The van der Waals surface area contributed by atoms with Gasteiger partial charge in [-0.15, -0.1) is 0 Å². The average Bonchev–Trinajstić information content (AvgIpc) is 2.90. The molecule has 0 aliphatic carbocycles. The van der Waals surface area contributed by atoms with Crippen LogP contribution in [0.3, 0.4) is 0 Å². The number of hydrogen-bond acceptors (Lipinski definition) is 4. The Hall–Kier alpha value is -1.59. The quantitative estimate of drug-likeness (QED) is 0.835. The molecule has 1 aliphatic heterocycles. The van der Waals surface area contributed by atoms with Crippen molar-refractivity contribution in [3.05, 3.63) is 35.9 Å². The first-order chi connectivity index (χ1) is 10.9. The molecule has 128 valence electrons. The summed E-state index contributed by atoms with van der Waals surface area (Å²) in [6.07, 6.45) is 0.503. The second-order valence-corrected chi connectivity index (χ2v) is 6.88. The van der Waals surface area contributed by atoms with Crippen LogP contribution < -0.4 is 0 Å². The number of ether oxygens (including phenoxy) is 3. The van der Waals surface area contributed by atoms with Gasteiger partial charge in [0.15, 0.2) is 0 Å². The van der Waals surface area contributed by atoms with Crippen molar-refractivity contribution in [1.29, 1.82) is 0 Å². The zero-order valence-electron chi connectivity index (χ0n) is 14.5. The van der Waals surface area contributed by atoms with Gasteiger partial charge in [-0.05, 0) is 32.8 Å². The van der Waals surface area contributed by atoms with Crippen molar-refractivity contribution in [3.8, 4) is 0 Å². The van der Waals surface area contributed by atoms with Gasteiger partial charge in [-0.25, -0.2) is 4.79 Å². The van der Waals surface area contributed by atoms with E-state index in [0.717, 1.165) is 12.0 Å². The second-order valence-electron chi connectivity index (χ2n) is 6.88. The molecule has 2 atom stereocenters. The number of amides is 1. The van der Waals surface area contributed by atoms with E-state index in [1.807, 2.05) is 51.1 Å². The van der Waals surface area contributed by atoms with E-state index in [2.05, 4.69) is 0 Å².